The molecule has 1 unspecified atom stereocenters. The molecule has 3 aromatic carbocycles. The van der Waals surface area contributed by atoms with Crippen LogP contribution in [0.15, 0.2) is 96.7 Å². The summed E-state index contributed by atoms with van der Waals surface area (Å²) in [6.07, 6.45) is 4.77. The number of hydrogen-bond donors (Lipinski definition) is 1. The van der Waals surface area contributed by atoms with Crippen LogP contribution in [0.2, 0.25) is 0 Å². The quantitative estimate of drug-likeness (QED) is 0.210. The summed E-state index contributed by atoms with van der Waals surface area (Å²) >= 11 is 0. The normalized spacial score (nSPS) is 17.3. The number of carbonyl (C=O) groups is 2. The predicted molar refractivity (Wildman–Crippen MR) is 138 cm³/mol. The number of nitrogens with zero attached hydrogens (tertiary/aromatic N) is 2. The molecule has 1 fully saturated rings. The van der Waals surface area contributed by atoms with Gasteiger partial charge in [0.15, 0.2) is 0 Å². The van der Waals surface area contributed by atoms with Gasteiger partial charge >= 0.3 is 0 Å². The maximum Gasteiger partial charge on any atom is 0.300 e. The standard InChI is InChI=1S/C30H26N2O3/c1-2-3-9-20-15-17-22(18-16-20)32-27(25-14-6-7-19-31-25)26(29(34)30(32)35)28(33)24-13-8-11-21-10-4-5-12-23(21)24/h4-8,10-19,27,33H,2-3,9H2,1H3/b28-26-. The molecule has 1 atom stereocenters. The molecule has 0 aliphatic carbocycles. The number of aliphatic hydroxyl groups excluding tert-OH is 1. The van der Waals surface area contributed by atoms with E-state index in [4.69, 9.17) is 0 Å². The molecule has 5 rings (SSSR count). The second-order valence-corrected chi connectivity index (χ2v) is 8.72. The molecule has 4 aromatic rings. The number of aliphatic hydroxyl groups is 1. The second kappa shape index (κ2) is 9.55. The van der Waals surface area contributed by atoms with Crippen molar-refractivity contribution in [3.05, 3.63) is 114 Å². The zero-order valence-electron chi connectivity index (χ0n) is 19.5. The zero-order valence-corrected chi connectivity index (χ0v) is 19.5. The third-order valence-corrected chi connectivity index (χ3v) is 6.49. The van der Waals surface area contributed by atoms with E-state index in [1.165, 1.54) is 10.5 Å². The van der Waals surface area contributed by atoms with Gasteiger partial charge in [-0.2, -0.15) is 0 Å². The summed E-state index contributed by atoms with van der Waals surface area (Å²) in [7, 11) is 0. The Balaban J connectivity index is 1.67. The molecule has 0 radical (unpaired) electrons. The number of benzene rings is 3. The maximum atomic E-state index is 13.4. The molecule has 1 amide bonds. The highest BCUT2D eigenvalue weighted by molar-refractivity contribution is 6.51. The number of fused-ring (bicyclic) bond motifs is 1. The highest BCUT2D eigenvalue weighted by Gasteiger charge is 2.47. The summed E-state index contributed by atoms with van der Waals surface area (Å²) in [4.78, 5) is 32.7. The Morgan fingerprint density at radius 1 is 0.914 bits per heavy atom. The van der Waals surface area contributed by atoms with Crippen LogP contribution in [-0.4, -0.2) is 21.8 Å². The van der Waals surface area contributed by atoms with Gasteiger partial charge in [-0.05, 0) is 53.4 Å². The molecule has 5 nitrogen and oxygen atoms in total. The van der Waals surface area contributed by atoms with E-state index in [0.717, 1.165) is 30.0 Å². The maximum absolute atomic E-state index is 13.4. The van der Waals surface area contributed by atoms with Gasteiger partial charge in [0, 0.05) is 17.4 Å². The van der Waals surface area contributed by atoms with Crippen LogP contribution in [0.5, 0.6) is 0 Å². The summed E-state index contributed by atoms with van der Waals surface area (Å²) in [6.45, 7) is 2.15. The minimum absolute atomic E-state index is 0.0418. The third kappa shape index (κ3) is 4.10. The Kier molecular flexibility index (Phi) is 6.15. The molecule has 174 valence electrons. The van der Waals surface area contributed by atoms with Crippen molar-refractivity contribution in [1.29, 1.82) is 0 Å². The summed E-state index contributed by atoms with van der Waals surface area (Å²) in [5.41, 5.74) is 2.85. The second-order valence-electron chi connectivity index (χ2n) is 8.72. The molecule has 1 aromatic heterocycles. The lowest BCUT2D eigenvalue weighted by atomic mass is 9.95. The van der Waals surface area contributed by atoms with Gasteiger partial charge < -0.3 is 5.11 Å². The Morgan fingerprint density at radius 2 is 1.66 bits per heavy atom. The van der Waals surface area contributed by atoms with E-state index in [9.17, 15) is 14.7 Å². The van der Waals surface area contributed by atoms with Gasteiger partial charge in [0.2, 0.25) is 0 Å². The van der Waals surface area contributed by atoms with E-state index in [1.807, 2.05) is 66.7 Å². The van der Waals surface area contributed by atoms with Crippen LogP contribution < -0.4 is 4.90 Å². The molecule has 1 saturated heterocycles. The van der Waals surface area contributed by atoms with Gasteiger partial charge in [-0.1, -0.05) is 74.0 Å². The first-order valence-electron chi connectivity index (χ1n) is 11.9. The molecule has 1 aliphatic heterocycles. The van der Waals surface area contributed by atoms with Crippen LogP contribution in [0, 0.1) is 0 Å². The summed E-state index contributed by atoms with van der Waals surface area (Å²) in [5, 5.41) is 13.2. The van der Waals surface area contributed by atoms with Gasteiger partial charge in [-0.3, -0.25) is 19.5 Å². The van der Waals surface area contributed by atoms with E-state index in [0.29, 0.717) is 16.9 Å². The topological polar surface area (TPSA) is 70.5 Å². The first-order chi connectivity index (χ1) is 17.1. The molecule has 35 heavy (non-hydrogen) atoms. The minimum Gasteiger partial charge on any atom is -0.507 e. The van der Waals surface area contributed by atoms with E-state index in [-0.39, 0.29) is 11.3 Å². The first-order valence-corrected chi connectivity index (χ1v) is 11.9. The zero-order chi connectivity index (χ0) is 24.4. The number of anilines is 1. The van der Waals surface area contributed by atoms with Crippen LogP contribution in [0.25, 0.3) is 16.5 Å². The SMILES string of the molecule is CCCCc1ccc(N2C(=O)C(=O)/C(=C(\O)c3cccc4ccccc34)C2c2ccccn2)cc1. The summed E-state index contributed by atoms with van der Waals surface area (Å²) in [6, 6.07) is 25.4. The molecular formula is C30H26N2O3. The number of aryl methyl sites for hydroxylation is 1. The van der Waals surface area contributed by atoms with Gasteiger partial charge in [0.05, 0.1) is 11.3 Å². The van der Waals surface area contributed by atoms with E-state index < -0.39 is 17.7 Å². The molecule has 0 saturated carbocycles. The monoisotopic (exact) mass is 462 g/mol. The van der Waals surface area contributed by atoms with E-state index >= 15 is 0 Å². The van der Waals surface area contributed by atoms with E-state index in [2.05, 4.69) is 11.9 Å². The summed E-state index contributed by atoms with van der Waals surface area (Å²) in [5.74, 6) is -1.59. The van der Waals surface area contributed by atoms with Crippen LogP contribution >= 0.6 is 0 Å². The predicted octanol–water partition coefficient (Wildman–Crippen LogP) is 6.20. The summed E-state index contributed by atoms with van der Waals surface area (Å²) < 4.78 is 0. The number of Topliss-reactive ketones (excluding diaryl/α,β-unsaturated/α-hetero) is 1. The number of pyridine rings is 1. The van der Waals surface area contributed by atoms with Gasteiger partial charge in [-0.25, -0.2) is 0 Å². The largest absolute Gasteiger partial charge is 0.507 e. The van der Waals surface area contributed by atoms with E-state index in [1.54, 1.807) is 24.4 Å². The number of amides is 1. The lowest BCUT2D eigenvalue weighted by Crippen LogP contribution is -2.29. The van der Waals surface area contributed by atoms with Crippen molar-refractivity contribution in [2.45, 2.75) is 32.2 Å². The minimum atomic E-state index is -0.836. The van der Waals surface area contributed by atoms with Crippen molar-refractivity contribution in [2.24, 2.45) is 0 Å². The Hall–Kier alpha value is -4.25. The molecule has 1 aliphatic rings. The molecular weight excluding hydrogens is 436 g/mol. The molecule has 0 spiro atoms. The Morgan fingerprint density at radius 3 is 2.40 bits per heavy atom. The van der Waals surface area contributed by atoms with Crippen molar-refractivity contribution in [3.8, 4) is 0 Å². The Labute approximate surface area is 204 Å². The van der Waals surface area contributed by atoms with Crippen LogP contribution in [-0.2, 0) is 16.0 Å². The first kappa shape index (κ1) is 22.5. The van der Waals surface area contributed by atoms with Crippen molar-refractivity contribution >= 4 is 33.9 Å². The fourth-order valence-electron chi connectivity index (χ4n) is 4.70. The number of carbonyl (C=O) groups excluding carboxylic acids is 2. The molecule has 1 N–H and O–H groups in total. The molecule has 5 heteroatoms. The fraction of sp³-hybridized carbons (Fsp3) is 0.167. The highest BCUT2D eigenvalue weighted by Crippen LogP contribution is 2.42. The number of aromatic nitrogens is 1. The van der Waals surface area contributed by atoms with Crippen molar-refractivity contribution in [3.63, 3.8) is 0 Å². The van der Waals surface area contributed by atoms with Crippen molar-refractivity contribution < 1.29 is 14.7 Å². The number of rotatable bonds is 6. The van der Waals surface area contributed by atoms with Crippen LogP contribution in [0.1, 0.15) is 42.6 Å². The van der Waals surface area contributed by atoms with Crippen molar-refractivity contribution in [2.75, 3.05) is 4.90 Å². The average Bonchev–Trinajstić information content (AvgIpc) is 3.17. The number of unbranched alkanes of at least 4 members (excludes halogenated alkanes) is 1. The van der Waals surface area contributed by atoms with Crippen molar-refractivity contribution in [1.82, 2.24) is 4.98 Å². The van der Waals surface area contributed by atoms with Crippen LogP contribution in [0.3, 0.4) is 0 Å². The highest BCUT2D eigenvalue weighted by atomic mass is 16.3. The fourth-order valence-corrected chi connectivity index (χ4v) is 4.70. The smallest absolute Gasteiger partial charge is 0.300 e. The average molecular weight is 463 g/mol. The molecule has 2 heterocycles. The molecule has 0 bridgehead atoms. The van der Waals surface area contributed by atoms with Gasteiger partial charge in [-0.15, -0.1) is 0 Å². The van der Waals surface area contributed by atoms with Gasteiger partial charge in [0.1, 0.15) is 11.8 Å². The lowest BCUT2D eigenvalue weighted by Gasteiger charge is -2.25. The number of hydrogen-bond acceptors (Lipinski definition) is 4. The number of ketones is 1. The Bertz CT molecular complexity index is 1420. The van der Waals surface area contributed by atoms with Crippen LogP contribution in [0.4, 0.5) is 5.69 Å². The van der Waals surface area contributed by atoms with Gasteiger partial charge in [0.25, 0.3) is 11.7 Å². The third-order valence-electron chi connectivity index (χ3n) is 6.49. The lowest BCUT2D eigenvalue weighted by molar-refractivity contribution is -0.132.